The third-order valence-electron chi connectivity index (χ3n) is 5.55. The Balaban J connectivity index is 1.57. The number of fused-ring (bicyclic) bond motifs is 1. The monoisotopic (exact) mass is 438 g/mol. The van der Waals surface area contributed by atoms with Gasteiger partial charge in [0, 0.05) is 35.0 Å². The molecule has 32 heavy (non-hydrogen) atoms. The quantitative estimate of drug-likeness (QED) is 0.390. The molecule has 0 N–H and O–H groups in total. The minimum atomic E-state index is 0.542. The van der Waals surface area contributed by atoms with Gasteiger partial charge in [-0.05, 0) is 25.1 Å². The molecule has 0 unspecified atom stereocenters. The van der Waals surface area contributed by atoms with Crippen molar-refractivity contribution >= 4 is 39.7 Å². The molecule has 0 amide bonds. The molecule has 158 valence electrons. The van der Waals surface area contributed by atoms with Crippen LogP contribution in [0.3, 0.4) is 0 Å². The molecule has 0 spiro atoms. The molecule has 1 saturated heterocycles. The van der Waals surface area contributed by atoms with Gasteiger partial charge in [0.2, 0.25) is 0 Å². The van der Waals surface area contributed by atoms with Crippen LogP contribution in [-0.2, 0) is 4.74 Å². The highest BCUT2D eigenvalue weighted by molar-refractivity contribution is 7.11. The van der Waals surface area contributed by atoms with E-state index in [1.54, 1.807) is 0 Å². The number of hydrogen-bond acceptors (Lipinski definition) is 6. The Morgan fingerprint density at radius 1 is 1.09 bits per heavy atom. The van der Waals surface area contributed by atoms with Crippen molar-refractivity contribution in [2.75, 3.05) is 31.2 Å². The van der Waals surface area contributed by atoms with Crippen molar-refractivity contribution < 1.29 is 4.74 Å². The summed E-state index contributed by atoms with van der Waals surface area (Å²) in [6.45, 7) is 4.98. The second-order valence-electron chi connectivity index (χ2n) is 7.77. The van der Waals surface area contributed by atoms with Crippen LogP contribution >= 0.6 is 11.3 Å². The van der Waals surface area contributed by atoms with Crippen molar-refractivity contribution in [3.05, 3.63) is 76.1 Å². The standard InChI is InChI=1S/C26H22N4OS/c1-18-6-8-19(9-7-18)24-17-32-26(29-24)22(16-27)15-21-14-20-4-2-3-5-23(20)28-25(21)30-10-12-31-13-11-30/h2-9,14-15,17H,10-13H2,1H3. The minimum absolute atomic E-state index is 0.542. The van der Waals surface area contributed by atoms with Gasteiger partial charge in [-0.15, -0.1) is 11.3 Å². The van der Waals surface area contributed by atoms with E-state index in [2.05, 4.69) is 48.2 Å². The fourth-order valence-electron chi connectivity index (χ4n) is 3.81. The summed E-state index contributed by atoms with van der Waals surface area (Å²) in [5.74, 6) is 0.884. The number of aryl methyl sites for hydroxylation is 1. The average Bonchev–Trinajstić information content (AvgIpc) is 3.33. The number of pyridine rings is 1. The van der Waals surface area contributed by atoms with Crippen LogP contribution < -0.4 is 4.90 Å². The second kappa shape index (κ2) is 8.91. The molecule has 0 radical (unpaired) electrons. The summed E-state index contributed by atoms with van der Waals surface area (Å²) < 4.78 is 5.53. The van der Waals surface area contributed by atoms with Crippen LogP contribution in [0.5, 0.6) is 0 Å². The van der Waals surface area contributed by atoms with Gasteiger partial charge in [0.05, 0.1) is 30.0 Å². The summed E-state index contributed by atoms with van der Waals surface area (Å²) in [5.41, 5.74) is 5.56. The summed E-state index contributed by atoms with van der Waals surface area (Å²) in [6, 6.07) is 20.8. The van der Waals surface area contributed by atoms with Gasteiger partial charge in [0.15, 0.2) is 0 Å². The largest absolute Gasteiger partial charge is 0.378 e. The van der Waals surface area contributed by atoms with Crippen LogP contribution in [0.25, 0.3) is 33.8 Å². The molecular formula is C26H22N4OS. The summed E-state index contributed by atoms with van der Waals surface area (Å²) in [6.07, 6.45) is 1.92. The van der Waals surface area contributed by atoms with E-state index >= 15 is 0 Å². The Labute approximate surface area is 191 Å². The fraction of sp³-hybridized carbons (Fsp3) is 0.192. The van der Waals surface area contributed by atoms with E-state index in [1.807, 2.05) is 35.7 Å². The normalized spacial score (nSPS) is 14.5. The molecule has 2 aromatic heterocycles. The molecule has 5 nitrogen and oxygen atoms in total. The van der Waals surface area contributed by atoms with Crippen LogP contribution in [0, 0.1) is 18.3 Å². The Hall–Kier alpha value is -3.53. The van der Waals surface area contributed by atoms with Crippen LogP contribution in [0.4, 0.5) is 5.82 Å². The lowest BCUT2D eigenvalue weighted by Gasteiger charge is -2.29. The van der Waals surface area contributed by atoms with Crippen molar-refractivity contribution in [1.82, 2.24) is 9.97 Å². The first-order valence-corrected chi connectivity index (χ1v) is 11.5. The molecule has 5 rings (SSSR count). The van der Waals surface area contributed by atoms with Gasteiger partial charge < -0.3 is 9.64 Å². The zero-order valence-corrected chi connectivity index (χ0v) is 18.6. The molecule has 1 aliphatic rings. The molecule has 0 atom stereocenters. The molecule has 0 aliphatic carbocycles. The first-order valence-electron chi connectivity index (χ1n) is 10.6. The maximum Gasteiger partial charge on any atom is 0.136 e. The number of anilines is 1. The van der Waals surface area contributed by atoms with Gasteiger partial charge in [0.25, 0.3) is 0 Å². The van der Waals surface area contributed by atoms with E-state index < -0.39 is 0 Å². The van der Waals surface area contributed by atoms with Gasteiger partial charge in [0.1, 0.15) is 16.9 Å². The maximum atomic E-state index is 9.97. The van der Waals surface area contributed by atoms with Gasteiger partial charge in [-0.25, -0.2) is 9.97 Å². The molecule has 6 heteroatoms. The zero-order chi connectivity index (χ0) is 21.9. The minimum Gasteiger partial charge on any atom is -0.378 e. The molecule has 3 heterocycles. The zero-order valence-electron chi connectivity index (χ0n) is 17.8. The third kappa shape index (κ3) is 4.13. The van der Waals surface area contributed by atoms with Gasteiger partial charge in [-0.3, -0.25) is 0 Å². The number of thiazole rings is 1. The molecule has 0 saturated carbocycles. The number of nitriles is 1. The van der Waals surface area contributed by atoms with E-state index in [0.717, 1.165) is 46.6 Å². The lowest BCUT2D eigenvalue weighted by Crippen LogP contribution is -2.37. The predicted octanol–water partition coefficient (Wildman–Crippen LogP) is 5.57. The summed E-state index contributed by atoms with van der Waals surface area (Å²) >= 11 is 1.49. The highest BCUT2D eigenvalue weighted by Gasteiger charge is 2.18. The lowest BCUT2D eigenvalue weighted by molar-refractivity contribution is 0.122. The number of hydrogen-bond donors (Lipinski definition) is 0. The average molecular weight is 439 g/mol. The Morgan fingerprint density at radius 2 is 1.88 bits per heavy atom. The maximum absolute atomic E-state index is 9.97. The first-order chi connectivity index (χ1) is 15.7. The Bertz CT molecular complexity index is 1330. The van der Waals surface area contributed by atoms with E-state index in [-0.39, 0.29) is 0 Å². The van der Waals surface area contributed by atoms with Crippen molar-refractivity contribution in [3.8, 4) is 17.3 Å². The number of ether oxygens (including phenoxy) is 1. The number of nitrogens with zero attached hydrogens (tertiary/aromatic N) is 4. The summed E-state index contributed by atoms with van der Waals surface area (Å²) in [4.78, 5) is 11.9. The van der Waals surface area contributed by atoms with Crippen molar-refractivity contribution in [2.24, 2.45) is 0 Å². The Kier molecular flexibility index (Phi) is 5.68. The summed E-state index contributed by atoms with van der Waals surface area (Å²) in [5, 5.41) is 13.7. The SMILES string of the molecule is Cc1ccc(-c2csc(C(C#N)=Cc3cc4ccccc4nc3N3CCOCC3)n2)cc1. The number of allylic oxidation sites excluding steroid dienone is 1. The highest BCUT2D eigenvalue weighted by Crippen LogP contribution is 2.31. The molecule has 0 bridgehead atoms. The van der Waals surface area contributed by atoms with E-state index in [1.165, 1.54) is 16.9 Å². The van der Waals surface area contributed by atoms with Gasteiger partial charge in [-0.2, -0.15) is 5.26 Å². The number of aromatic nitrogens is 2. The Morgan fingerprint density at radius 3 is 2.66 bits per heavy atom. The van der Waals surface area contributed by atoms with Crippen molar-refractivity contribution in [2.45, 2.75) is 6.92 Å². The molecule has 1 fully saturated rings. The third-order valence-corrected chi connectivity index (χ3v) is 6.42. The van der Waals surface area contributed by atoms with Crippen LogP contribution in [-0.4, -0.2) is 36.3 Å². The van der Waals surface area contributed by atoms with Gasteiger partial charge in [-0.1, -0.05) is 48.0 Å². The molecule has 4 aromatic rings. The van der Waals surface area contributed by atoms with E-state index in [9.17, 15) is 5.26 Å². The first kappa shape index (κ1) is 20.4. The number of rotatable bonds is 4. The van der Waals surface area contributed by atoms with Crippen molar-refractivity contribution in [1.29, 1.82) is 5.26 Å². The van der Waals surface area contributed by atoms with E-state index in [4.69, 9.17) is 14.7 Å². The highest BCUT2D eigenvalue weighted by atomic mass is 32.1. The number of morpholine rings is 1. The van der Waals surface area contributed by atoms with Crippen LogP contribution in [0.15, 0.2) is 60.0 Å². The molecule has 1 aliphatic heterocycles. The lowest BCUT2D eigenvalue weighted by atomic mass is 10.1. The van der Waals surface area contributed by atoms with Crippen LogP contribution in [0.1, 0.15) is 16.1 Å². The molecular weight excluding hydrogens is 416 g/mol. The van der Waals surface area contributed by atoms with E-state index in [0.29, 0.717) is 23.8 Å². The summed E-state index contributed by atoms with van der Waals surface area (Å²) in [7, 11) is 0. The smallest absolute Gasteiger partial charge is 0.136 e. The topological polar surface area (TPSA) is 62.0 Å². The fourth-order valence-corrected chi connectivity index (χ4v) is 4.60. The van der Waals surface area contributed by atoms with Gasteiger partial charge >= 0.3 is 0 Å². The molecule has 2 aromatic carbocycles. The van der Waals surface area contributed by atoms with Crippen LogP contribution in [0.2, 0.25) is 0 Å². The number of benzene rings is 2. The predicted molar refractivity (Wildman–Crippen MR) is 131 cm³/mol. The van der Waals surface area contributed by atoms with Crippen molar-refractivity contribution in [3.63, 3.8) is 0 Å². The second-order valence-corrected chi connectivity index (χ2v) is 8.63. The number of para-hydroxylation sites is 1.